The summed E-state index contributed by atoms with van der Waals surface area (Å²) in [5.41, 5.74) is 2.06. The molecule has 0 saturated heterocycles. The maximum absolute atomic E-state index is 12.4. The van der Waals surface area contributed by atoms with E-state index in [2.05, 4.69) is 29.1 Å². The number of carbonyl (C=O) groups excluding carboxylic acids is 1. The van der Waals surface area contributed by atoms with E-state index in [1.165, 1.54) is 11.8 Å². The van der Waals surface area contributed by atoms with Gasteiger partial charge in [0.1, 0.15) is 0 Å². The van der Waals surface area contributed by atoms with Crippen LogP contribution in [0.25, 0.3) is 0 Å². The molecular weight excluding hydrogens is 372 g/mol. The number of carbonyl (C=O) groups is 1. The number of hydrogen-bond donors (Lipinski definition) is 0. The van der Waals surface area contributed by atoms with Crippen LogP contribution in [-0.2, 0) is 4.79 Å². The van der Waals surface area contributed by atoms with Crippen LogP contribution in [0.4, 0.5) is 0 Å². The number of thioether (sulfide) groups is 2. The molecule has 1 aliphatic rings. The van der Waals surface area contributed by atoms with Gasteiger partial charge in [0, 0.05) is 12.2 Å². The Bertz CT molecular complexity index is 745. The van der Waals surface area contributed by atoms with Crippen LogP contribution in [0.1, 0.15) is 25.8 Å². The van der Waals surface area contributed by atoms with Crippen LogP contribution in [0.2, 0.25) is 0 Å². The highest BCUT2D eigenvalue weighted by molar-refractivity contribution is 8.03. The van der Waals surface area contributed by atoms with Gasteiger partial charge < -0.3 is 0 Å². The van der Waals surface area contributed by atoms with E-state index in [9.17, 15) is 4.79 Å². The van der Waals surface area contributed by atoms with Crippen LogP contribution < -0.4 is 0 Å². The first kappa shape index (κ1) is 18.4. The molecule has 2 heterocycles. The lowest BCUT2D eigenvalue weighted by Crippen LogP contribution is -2.25. The van der Waals surface area contributed by atoms with Crippen molar-refractivity contribution in [2.24, 2.45) is 11.0 Å². The van der Waals surface area contributed by atoms with Gasteiger partial charge in [0.15, 0.2) is 8.68 Å². The number of benzene rings is 1. The smallest absolute Gasteiger partial charge is 0.253 e. The van der Waals surface area contributed by atoms with Crippen molar-refractivity contribution in [3.63, 3.8) is 0 Å². The first-order valence-corrected chi connectivity index (χ1v) is 10.9. The molecule has 0 aliphatic carbocycles. The van der Waals surface area contributed by atoms with Crippen molar-refractivity contribution in [1.82, 2.24) is 15.2 Å². The van der Waals surface area contributed by atoms with Crippen molar-refractivity contribution >= 4 is 46.5 Å². The minimum absolute atomic E-state index is 0.0162. The van der Waals surface area contributed by atoms with Gasteiger partial charge in [-0.15, -0.1) is 10.2 Å². The van der Waals surface area contributed by atoms with Gasteiger partial charge in [-0.2, -0.15) is 5.10 Å². The monoisotopic (exact) mass is 392 g/mol. The minimum atomic E-state index is 0.0162. The molecule has 0 radical (unpaired) electrons. The summed E-state index contributed by atoms with van der Waals surface area (Å²) in [7, 11) is 0. The van der Waals surface area contributed by atoms with Crippen molar-refractivity contribution < 1.29 is 4.79 Å². The van der Waals surface area contributed by atoms with E-state index in [4.69, 9.17) is 0 Å². The minimum Gasteiger partial charge on any atom is -0.272 e. The number of rotatable bonds is 7. The first-order valence-electron chi connectivity index (χ1n) is 8.14. The average Bonchev–Trinajstić information content (AvgIpc) is 3.28. The Morgan fingerprint density at radius 2 is 1.92 bits per heavy atom. The standard InChI is InChI=1S/C17H20N4OS3/c1-12(2)10-23-16-18-19-17(25-16)24-11-15(22)21-9-8-14(20-21)13-6-4-3-5-7-13/h3-7,12H,8-11H2,1-2H3. The average molecular weight is 393 g/mol. The third-order valence-corrected chi connectivity index (χ3v) is 7.05. The second-order valence-corrected chi connectivity index (χ2v) is 9.47. The quantitative estimate of drug-likeness (QED) is 0.666. The lowest BCUT2D eigenvalue weighted by molar-refractivity contribution is -0.127. The zero-order valence-corrected chi connectivity index (χ0v) is 16.7. The molecule has 1 aromatic carbocycles. The zero-order chi connectivity index (χ0) is 17.6. The predicted molar refractivity (Wildman–Crippen MR) is 106 cm³/mol. The summed E-state index contributed by atoms with van der Waals surface area (Å²) < 4.78 is 1.81. The fourth-order valence-corrected chi connectivity index (χ4v) is 5.09. The van der Waals surface area contributed by atoms with Gasteiger partial charge in [0.25, 0.3) is 5.91 Å². The van der Waals surface area contributed by atoms with Crippen molar-refractivity contribution in [2.45, 2.75) is 28.9 Å². The molecule has 8 heteroatoms. The normalized spacial score (nSPS) is 14.2. The van der Waals surface area contributed by atoms with E-state index >= 15 is 0 Å². The lowest BCUT2D eigenvalue weighted by Gasteiger charge is -2.09. The van der Waals surface area contributed by atoms with E-state index < -0.39 is 0 Å². The van der Waals surface area contributed by atoms with Gasteiger partial charge in [-0.25, -0.2) is 5.01 Å². The summed E-state index contributed by atoms with van der Waals surface area (Å²) >= 11 is 4.71. The summed E-state index contributed by atoms with van der Waals surface area (Å²) in [4.78, 5) is 12.4. The third-order valence-electron chi connectivity index (χ3n) is 3.44. The molecule has 3 rings (SSSR count). The van der Waals surface area contributed by atoms with Crippen molar-refractivity contribution in [3.05, 3.63) is 35.9 Å². The Morgan fingerprint density at radius 3 is 2.64 bits per heavy atom. The number of aromatic nitrogens is 2. The maximum Gasteiger partial charge on any atom is 0.253 e. The van der Waals surface area contributed by atoms with Crippen LogP contribution in [0.15, 0.2) is 44.1 Å². The van der Waals surface area contributed by atoms with Gasteiger partial charge in [-0.3, -0.25) is 4.79 Å². The molecule has 25 heavy (non-hydrogen) atoms. The lowest BCUT2D eigenvalue weighted by atomic mass is 10.1. The number of hydrazone groups is 1. The molecule has 0 fully saturated rings. The first-order chi connectivity index (χ1) is 12.1. The third kappa shape index (κ3) is 5.29. The van der Waals surface area contributed by atoms with E-state index in [0.717, 1.165) is 32.1 Å². The summed E-state index contributed by atoms with van der Waals surface area (Å²) in [6.45, 7) is 5.01. The van der Waals surface area contributed by atoms with Crippen molar-refractivity contribution in [1.29, 1.82) is 0 Å². The molecule has 0 N–H and O–H groups in total. The highest BCUT2D eigenvalue weighted by atomic mass is 32.2. The molecule has 5 nitrogen and oxygen atoms in total. The number of amides is 1. The topological polar surface area (TPSA) is 58.5 Å². The Hall–Kier alpha value is -1.38. The Kier molecular flexibility index (Phi) is 6.50. The van der Waals surface area contributed by atoms with Gasteiger partial charge >= 0.3 is 0 Å². The molecule has 0 atom stereocenters. The second-order valence-electron chi connectivity index (χ2n) is 6.01. The van der Waals surface area contributed by atoms with Gasteiger partial charge in [0.2, 0.25) is 0 Å². The fourth-order valence-electron chi connectivity index (χ4n) is 2.22. The maximum atomic E-state index is 12.4. The van der Waals surface area contributed by atoms with Crippen LogP contribution in [0, 0.1) is 5.92 Å². The SMILES string of the molecule is CC(C)CSc1nnc(SCC(=O)N2CCC(c3ccccc3)=N2)s1. The summed E-state index contributed by atoms with van der Waals surface area (Å²) in [6.07, 6.45) is 0.801. The highest BCUT2D eigenvalue weighted by Gasteiger charge is 2.22. The molecule has 1 aliphatic heterocycles. The molecule has 132 valence electrons. The van der Waals surface area contributed by atoms with E-state index in [0.29, 0.717) is 18.2 Å². The molecule has 0 unspecified atom stereocenters. The molecule has 1 amide bonds. The van der Waals surface area contributed by atoms with E-state index in [1.54, 1.807) is 28.1 Å². The summed E-state index contributed by atoms with van der Waals surface area (Å²) in [6, 6.07) is 10.0. The van der Waals surface area contributed by atoms with E-state index in [-0.39, 0.29) is 5.91 Å². The van der Waals surface area contributed by atoms with Crippen LogP contribution >= 0.6 is 34.9 Å². The second kappa shape index (κ2) is 8.82. The molecule has 1 aromatic heterocycles. The molecular formula is C17H20N4OS3. The van der Waals surface area contributed by atoms with E-state index in [1.807, 2.05) is 30.3 Å². The van der Waals surface area contributed by atoms with Gasteiger partial charge in [-0.1, -0.05) is 79.0 Å². The Balaban J connectivity index is 1.51. The fraction of sp³-hybridized carbons (Fsp3) is 0.412. The zero-order valence-electron chi connectivity index (χ0n) is 14.2. The number of hydrogen-bond acceptors (Lipinski definition) is 7. The predicted octanol–water partition coefficient (Wildman–Crippen LogP) is 4.01. The Morgan fingerprint density at radius 1 is 1.20 bits per heavy atom. The number of nitrogens with zero attached hydrogens (tertiary/aromatic N) is 4. The van der Waals surface area contributed by atoms with Crippen molar-refractivity contribution in [2.75, 3.05) is 18.1 Å². The van der Waals surface area contributed by atoms with Crippen LogP contribution in [0.3, 0.4) is 0 Å². The van der Waals surface area contributed by atoms with Crippen molar-refractivity contribution in [3.8, 4) is 0 Å². The largest absolute Gasteiger partial charge is 0.272 e. The highest BCUT2D eigenvalue weighted by Crippen LogP contribution is 2.30. The molecule has 0 spiro atoms. The van der Waals surface area contributed by atoms with Crippen LogP contribution in [-0.4, -0.2) is 44.9 Å². The molecule has 0 saturated carbocycles. The van der Waals surface area contributed by atoms with Crippen LogP contribution in [0.5, 0.6) is 0 Å². The Labute approximate surface area is 160 Å². The molecule has 2 aromatic rings. The molecule has 0 bridgehead atoms. The van der Waals surface area contributed by atoms with Gasteiger partial charge in [0.05, 0.1) is 18.0 Å². The summed E-state index contributed by atoms with van der Waals surface area (Å²) in [5, 5.41) is 14.4. The summed E-state index contributed by atoms with van der Waals surface area (Å²) in [5.74, 6) is 2.01. The van der Waals surface area contributed by atoms with Gasteiger partial charge in [-0.05, 0) is 11.5 Å².